The summed E-state index contributed by atoms with van der Waals surface area (Å²) in [5.41, 5.74) is 2.11. The normalized spacial score (nSPS) is 10.8. The second kappa shape index (κ2) is 7.34. The summed E-state index contributed by atoms with van der Waals surface area (Å²) < 4.78 is 6.96. The van der Waals surface area contributed by atoms with E-state index < -0.39 is 5.97 Å². The molecule has 0 saturated carbocycles. The number of aromatic nitrogens is 3. The maximum absolute atomic E-state index is 12.1. The number of hydrogen-bond donors (Lipinski definition) is 0. The highest BCUT2D eigenvalue weighted by molar-refractivity contribution is 7.13. The Kier molecular flexibility index (Phi) is 5.18. The first-order valence-corrected chi connectivity index (χ1v) is 8.72. The zero-order valence-electron chi connectivity index (χ0n) is 12.7. The average Bonchev–Trinajstić information content (AvgIpc) is 3.19. The van der Waals surface area contributed by atoms with Gasteiger partial charge < -0.3 is 4.74 Å². The summed E-state index contributed by atoms with van der Waals surface area (Å²) in [5, 5.41) is 7.35. The number of halogens is 2. The maximum atomic E-state index is 12.1. The molecule has 0 bridgehead atoms. The molecule has 0 aliphatic rings. The van der Waals surface area contributed by atoms with Crippen LogP contribution in [0.15, 0.2) is 36.0 Å². The lowest BCUT2D eigenvalue weighted by Crippen LogP contribution is -2.08. The van der Waals surface area contributed by atoms with Crippen LogP contribution in [0.4, 0.5) is 0 Å². The Bertz CT molecular complexity index is 876. The quantitative estimate of drug-likeness (QED) is 0.619. The summed E-state index contributed by atoms with van der Waals surface area (Å²) in [6, 6.07) is 5.23. The molecule has 0 aliphatic heterocycles. The van der Waals surface area contributed by atoms with E-state index in [4.69, 9.17) is 27.9 Å². The minimum atomic E-state index is -0.443. The van der Waals surface area contributed by atoms with Crippen LogP contribution in [0.3, 0.4) is 0 Å². The predicted molar refractivity (Wildman–Crippen MR) is 94.8 cm³/mol. The molecule has 0 N–H and O–H groups in total. The fourth-order valence-corrected chi connectivity index (χ4v) is 3.15. The third-order valence-corrected chi connectivity index (χ3v) is 4.89. The second-order valence-corrected chi connectivity index (χ2v) is 6.75. The van der Waals surface area contributed by atoms with Crippen LogP contribution in [-0.4, -0.2) is 27.3 Å². The van der Waals surface area contributed by atoms with Crippen LogP contribution in [0.5, 0.6) is 0 Å². The number of carbonyl (C=O) groups excluding carboxylic acids is 1. The van der Waals surface area contributed by atoms with Crippen molar-refractivity contribution in [1.29, 1.82) is 0 Å². The molecule has 8 heteroatoms. The van der Waals surface area contributed by atoms with Gasteiger partial charge in [0.1, 0.15) is 5.01 Å². The number of benzene rings is 1. The smallest absolute Gasteiger partial charge is 0.357 e. The zero-order chi connectivity index (χ0) is 17.1. The van der Waals surface area contributed by atoms with E-state index in [1.165, 1.54) is 11.3 Å². The summed E-state index contributed by atoms with van der Waals surface area (Å²) >= 11 is 13.3. The van der Waals surface area contributed by atoms with Crippen LogP contribution < -0.4 is 0 Å². The first kappa shape index (κ1) is 17.0. The Morgan fingerprint density at radius 2 is 2.17 bits per heavy atom. The third kappa shape index (κ3) is 3.95. The monoisotopic (exact) mass is 381 g/mol. The van der Waals surface area contributed by atoms with Crippen molar-refractivity contribution in [3.05, 3.63) is 57.3 Å². The molecular formula is C16H13Cl2N3O2S. The molecular weight excluding hydrogens is 369 g/mol. The lowest BCUT2D eigenvalue weighted by Gasteiger charge is -2.01. The number of thiazole rings is 1. The van der Waals surface area contributed by atoms with Crippen LogP contribution in [0.1, 0.15) is 16.1 Å². The van der Waals surface area contributed by atoms with Crippen molar-refractivity contribution in [1.82, 2.24) is 14.8 Å². The standard InChI is InChI=1S/C16H13Cl2N3O2S/c1-21-8-10(7-19-21)4-5-23-16(22)14-9-24-15(20-14)11-2-3-12(17)13(18)6-11/h2-3,6-9H,4-5H2,1H3. The summed E-state index contributed by atoms with van der Waals surface area (Å²) in [6.45, 7) is 0.282. The molecule has 0 aliphatic carbocycles. The van der Waals surface area contributed by atoms with Crippen LogP contribution in [0, 0.1) is 0 Å². The zero-order valence-corrected chi connectivity index (χ0v) is 15.0. The summed E-state index contributed by atoms with van der Waals surface area (Å²) in [5.74, 6) is -0.443. The van der Waals surface area contributed by atoms with Crippen molar-refractivity contribution >= 4 is 40.5 Å². The molecule has 0 radical (unpaired) electrons. The van der Waals surface area contributed by atoms with Gasteiger partial charge in [0.25, 0.3) is 0 Å². The van der Waals surface area contributed by atoms with E-state index >= 15 is 0 Å². The van der Waals surface area contributed by atoms with Crippen molar-refractivity contribution in [3.8, 4) is 10.6 Å². The maximum Gasteiger partial charge on any atom is 0.357 e. The Morgan fingerprint density at radius 1 is 1.33 bits per heavy atom. The first-order chi connectivity index (χ1) is 11.5. The second-order valence-electron chi connectivity index (χ2n) is 5.07. The van der Waals surface area contributed by atoms with Crippen molar-refractivity contribution in [3.63, 3.8) is 0 Å². The molecule has 0 amide bonds. The van der Waals surface area contributed by atoms with Crippen molar-refractivity contribution < 1.29 is 9.53 Å². The van der Waals surface area contributed by atoms with Gasteiger partial charge in [-0.3, -0.25) is 4.68 Å². The van der Waals surface area contributed by atoms with Gasteiger partial charge in [-0.1, -0.05) is 29.3 Å². The number of nitrogens with zero attached hydrogens (tertiary/aromatic N) is 3. The van der Waals surface area contributed by atoms with Gasteiger partial charge in [-0.05, 0) is 17.7 Å². The van der Waals surface area contributed by atoms with E-state index in [0.717, 1.165) is 11.1 Å². The van der Waals surface area contributed by atoms with Gasteiger partial charge in [0, 0.05) is 30.6 Å². The minimum absolute atomic E-state index is 0.282. The number of ether oxygens (including phenoxy) is 1. The van der Waals surface area contributed by atoms with Gasteiger partial charge in [-0.15, -0.1) is 11.3 Å². The Hall–Kier alpha value is -1.89. The highest BCUT2D eigenvalue weighted by Crippen LogP contribution is 2.30. The molecule has 3 rings (SSSR count). The number of hydrogen-bond acceptors (Lipinski definition) is 5. The number of esters is 1. The van der Waals surface area contributed by atoms with E-state index in [0.29, 0.717) is 21.5 Å². The number of rotatable bonds is 5. The van der Waals surface area contributed by atoms with Crippen LogP contribution in [-0.2, 0) is 18.2 Å². The van der Waals surface area contributed by atoms with Gasteiger partial charge in [0.05, 0.1) is 22.8 Å². The van der Waals surface area contributed by atoms with Crippen molar-refractivity contribution in [2.75, 3.05) is 6.61 Å². The molecule has 0 spiro atoms. The van der Waals surface area contributed by atoms with Gasteiger partial charge in [0.2, 0.25) is 0 Å². The number of carbonyl (C=O) groups is 1. The molecule has 124 valence electrons. The van der Waals surface area contributed by atoms with Gasteiger partial charge >= 0.3 is 5.97 Å². The summed E-state index contributed by atoms with van der Waals surface area (Å²) in [4.78, 5) is 16.4. The molecule has 24 heavy (non-hydrogen) atoms. The Labute approximate surface area is 152 Å². The summed E-state index contributed by atoms with van der Waals surface area (Å²) in [7, 11) is 1.84. The molecule has 0 atom stereocenters. The fourth-order valence-electron chi connectivity index (χ4n) is 2.07. The van der Waals surface area contributed by atoms with Crippen LogP contribution >= 0.6 is 34.5 Å². The predicted octanol–water partition coefficient (Wildman–Crippen LogP) is 4.25. The fraction of sp³-hybridized carbons (Fsp3) is 0.188. The third-order valence-electron chi connectivity index (χ3n) is 3.26. The van der Waals surface area contributed by atoms with Gasteiger partial charge in [0.15, 0.2) is 5.69 Å². The Balaban J connectivity index is 1.61. The lowest BCUT2D eigenvalue weighted by atomic mass is 10.2. The molecule has 0 unspecified atom stereocenters. The van der Waals surface area contributed by atoms with Gasteiger partial charge in [-0.25, -0.2) is 9.78 Å². The molecule has 0 saturated heterocycles. The number of aryl methyl sites for hydroxylation is 1. The van der Waals surface area contributed by atoms with E-state index in [1.54, 1.807) is 28.4 Å². The Morgan fingerprint density at radius 3 is 2.88 bits per heavy atom. The largest absolute Gasteiger partial charge is 0.461 e. The molecule has 2 aromatic heterocycles. The molecule has 5 nitrogen and oxygen atoms in total. The van der Waals surface area contributed by atoms with Crippen molar-refractivity contribution in [2.24, 2.45) is 7.05 Å². The van der Waals surface area contributed by atoms with E-state index in [9.17, 15) is 4.79 Å². The highest BCUT2D eigenvalue weighted by atomic mass is 35.5. The average molecular weight is 382 g/mol. The highest BCUT2D eigenvalue weighted by Gasteiger charge is 2.14. The molecule has 3 aromatic rings. The molecule has 2 heterocycles. The minimum Gasteiger partial charge on any atom is -0.461 e. The van der Waals surface area contributed by atoms with E-state index in [2.05, 4.69) is 10.1 Å². The van der Waals surface area contributed by atoms with Crippen LogP contribution in [0.2, 0.25) is 10.0 Å². The van der Waals surface area contributed by atoms with E-state index in [-0.39, 0.29) is 12.3 Å². The molecule has 1 aromatic carbocycles. The van der Waals surface area contributed by atoms with Crippen LogP contribution in [0.25, 0.3) is 10.6 Å². The summed E-state index contributed by atoms with van der Waals surface area (Å²) in [6.07, 6.45) is 4.25. The first-order valence-electron chi connectivity index (χ1n) is 7.08. The topological polar surface area (TPSA) is 57.0 Å². The molecule has 0 fully saturated rings. The van der Waals surface area contributed by atoms with Gasteiger partial charge in [-0.2, -0.15) is 5.10 Å². The van der Waals surface area contributed by atoms with E-state index in [1.807, 2.05) is 19.3 Å². The SMILES string of the molecule is Cn1cc(CCOC(=O)c2csc(-c3ccc(Cl)c(Cl)c3)n2)cn1. The van der Waals surface area contributed by atoms with Crippen molar-refractivity contribution in [2.45, 2.75) is 6.42 Å². The lowest BCUT2D eigenvalue weighted by molar-refractivity contribution is 0.0503.